The summed E-state index contributed by atoms with van der Waals surface area (Å²) >= 11 is 9.01. The number of hydrogen-bond acceptors (Lipinski definition) is 5. The van der Waals surface area contributed by atoms with Gasteiger partial charge in [0.2, 0.25) is 11.7 Å². The van der Waals surface area contributed by atoms with Crippen LogP contribution in [0.25, 0.3) is 0 Å². The van der Waals surface area contributed by atoms with Gasteiger partial charge in [0.25, 0.3) is 5.91 Å². The highest BCUT2D eigenvalue weighted by Crippen LogP contribution is 2.20. The number of anilines is 1. The summed E-state index contributed by atoms with van der Waals surface area (Å²) in [4.78, 5) is 36.7. The normalized spacial score (nSPS) is 10.2. The Morgan fingerprint density at radius 1 is 1.24 bits per heavy atom. The number of esters is 1. The molecule has 9 heteroatoms. The number of rotatable bonds is 6. The minimum Gasteiger partial charge on any atom is -0.450 e. The van der Waals surface area contributed by atoms with Crippen molar-refractivity contribution < 1.29 is 23.5 Å². The summed E-state index contributed by atoms with van der Waals surface area (Å²) in [5.74, 6) is -1.76. The van der Waals surface area contributed by atoms with Crippen molar-refractivity contribution in [2.45, 2.75) is 0 Å². The number of ether oxygens (including phenoxy) is 1. The van der Waals surface area contributed by atoms with Crippen LogP contribution in [0.2, 0.25) is 5.02 Å². The van der Waals surface area contributed by atoms with E-state index in [9.17, 15) is 14.4 Å². The molecule has 0 fully saturated rings. The van der Waals surface area contributed by atoms with Gasteiger partial charge in [0.05, 0.1) is 17.3 Å². The molecule has 0 atom stereocenters. The van der Waals surface area contributed by atoms with Crippen molar-refractivity contribution in [1.82, 2.24) is 4.90 Å². The van der Waals surface area contributed by atoms with Gasteiger partial charge in [-0.05, 0) is 40.2 Å². The molecule has 0 aliphatic rings. The van der Waals surface area contributed by atoms with Gasteiger partial charge in [-0.2, -0.15) is 0 Å². The van der Waals surface area contributed by atoms with E-state index < -0.39 is 24.4 Å². The molecule has 0 aliphatic carbocycles. The quantitative estimate of drug-likeness (QED) is 0.713. The minimum atomic E-state index is -0.770. The molecule has 0 spiro atoms. The molecule has 2 amide bonds. The second-order valence-electron chi connectivity index (χ2n) is 4.96. The second kappa shape index (κ2) is 8.68. The number of amides is 2. The van der Waals surface area contributed by atoms with Crippen LogP contribution in [0.5, 0.6) is 0 Å². The molecule has 0 bridgehead atoms. The number of likely N-dealkylation sites (N-methyl/N-ethyl adjacent to an activating group) is 1. The molecule has 1 N–H and O–H groups in total. The molecule has 1 aromatic carbocycles. The number of halogens is 2. The third-order valence-corrected chi connectivity index (χ3v) is 3.81. The zero-order valence-corrected chi connectivity index (χ0v) is 15.5. The summed E-state index contributed by atoms with van der Waals surface area (Å²) in [6.45, 7) is -0.721. The van der Waals surface area contributed by atoms with Crippen LogP contribution in [0.15, 0.2) is 45.5 Å². The predicted octanol–water partition coefficient (Wildman–Crippen LogP) is 2.95. The van der Waals surface area contributed by atoms with Gasteiger partial charge >= 0.3 is 5.97 Å². The SMILES string of the molecule is CN(CC(=O)Nc1ccccc1Cl)C(=O)COC(=O)c1ccc(Br)o1. The van der Waals surface area contributed by atoms with E-state index in [0.717, 1.165) is 4.90 Å². The van der Waals surface area contributed by atoms with Gasteiger partial charge in [-0.3, -0.25) is 9.59 Å². The van der Waals surface area contributed by atoms with E-state index in [0.29, 0.717) is 15.4 Å². The first kappa shape index (κ1) is 19.0. The lowest BCUT2D eigenvalue weighted by atomic mass is 10.3. The Morgan fingerprint density at radius 2 is 1.96 bits per heavy atom. The molecule has 2 rings (SSSR count). The summed E-state index contributed by atoms with van der Waals surface area (Å²) < 4.78 is 10.2. The van der Waals surface area contributed by atoms with E-state index in [4.69, 9.17) is 20.8 Å². The van der Waals surface area contributed by atoms with Crippen molar-refractivity contribution in [2.75, 3.05) is 25.5 Å². The van der Waals surface area contributed by atoms with E-state index in [1.807, 2.05) is 0 Å². The summed E-state index contributed by atoms with van der Waals surface area (Å²) in [6, 6.07) is 9.69. The summed E-state index contributed by atoms with van der Waals surface area (Å²) in [6.07, 6.45) is 0. The van der Waals surface area contributed by atoms with Crippen LogP contribution in [0.4, 0.5) is 5.69 Å². The fraction of sp³-hybridized carbons (Fsp3) is 0.188. The molecular weight excluding hydrogens is 416 g/mol. The lowest BCUT2D eigenvalue weighted by Gasteiger charge is -2.16. The number of carbonyl (C=O) groups is 3. The van der Waals surface area contributed by atoms with Crippen LogP contribution in [0, 0.1) is 0 Å². The van der Waals surface area contributed by atoms with Crippen molar-refractivity contribution >= 4 is 51.0 Å². The van der Waals surface area contributed by atoms with E-state index in [-0.39, 0.29) is 12.3 Å². The molecule has 0 saturated heterocycles. The Balaban J connectivity index is 1.80. The standard InChI is InChI=1S/C16H14BrClN2O5/c1-20(8-14(21)19-11-5-3-2-4-10(11)18)15(22)9-24-16(23)12-6-7-13(17)25-12/h2-7H,8-9H2,1H3,(H,19,21). The molecule has 0 aliphatic heterocycles. The molecular formula is C16H14BrClN2O5. The number of para-hydroxylation sites is 1. The van der Waals surface area contributed by atoms with Crippen molar-refractivity contribution in [1.29, 1.82) is 0 Å². The zero-order chi connectivity index (χ0) is 18.4. The molecule has 132 valence electrons. The first-order valence-electron chi connectivity index (χ1n) is 7.07. The van der Waals surface area contributed by atoms with Crippen LogP contribution in [0.1, 0.15) is 10.6 Å². The van der Waals surface area contributed by atoms with E-state index in [1.54, 1.807) is 24.3 Å². The molecule has 1 aromatic heterocycles. The monoisotopic (exact) mass is 428 g/mol. The van der Waals surface area contributed by atoms with Crippen molar-refractivity contribution in [2.24, 2.45) is 0 Å². The van der Waals surface area contributed by atoms with Gasteiger partial charge in [-0.1, -0.05) is 23.7 Å². The van der Waals surface area contributed by atoms with Crippen LogP contribution in [0.3, 0.4) is 0 Å². The average molecular weight is 430 g/mol. The lowest BCUT2D eigenvalue weighted by molar-refractivity contribution is -0.136. The highest BCUT2D eigenvalue weighted by molar-refractivity contribution is 9.10. The van der Waals surface area contributed by atoms with Crippen LogP contribution in [-0.4, -0.2) is 42.9 Å². The van der Waals surface area contributed by atoms with E-state index in [1.165, 1.54) is 19.2 Å². The van der Waals surface area contributed by atoms with Gasteiger partial charge in [-0.15, -0.1) is 0 Å². The molecule has 0 radical (unpaired) electrons. The molecule has 25 heavy (non-hydrogen) atoms. The summed E-state index contributed by atoms with van der Waals surface area (Å²) in [7, 11) is 1.42. The number of hydrogen-bond donors (Lipinski definition) is 1. The zero-order valence-electron chi connectivity index (χ0n) is 13.1. The van der Waals surface area contributed by atoms with E-state index in [2.05, 4.69) is 21.2 Å². The van der Waals surface area contributed by atoms with Crippen LogP contribution >= 0.6 is 27.5 Å². The summed E-state index contributed by atoms with van der Waals surface area (Å²) in [5, 5.41) is 2.99. The Bertz CT molecular complexity index is 792. The molecule has 0 unspecified atom stereocenters. The van der Waals surface area contributed by atoms with Crippen LogP contribution in [-0.2, 0) is 14.3 Å². The predicted molar refractivity (Wildman–Crippen MR) is 94.4 cm³/mol. The molecule has 0 saturated carbocycles. The number of benzene rings is 1. The maximum absolute atomic E-state index is 12.0. The van der Waals surface area contributed by atoms with E-state index >= 15 is 0 Å². The van der Waals surface area contributed by atoms with Crippen LogP contribution < -0.4 is 5.32 Å². The van der Waals surface area contributed by atoms with Gasteiger partial charge in [0, 0.05) is 7.05 Å². The Kier molecular flexibility index (Phi) is 6.60. The largest absolute Gasteiger partial charge is 0.450 e. The lowest BCUT2D eigenvalue weighted by Crippen LogP contribution is -2.37. The molecule has 2 aromatic rings. The molecule has 7 nitrogen and oxygen atoms in total. The third kappa shape index (κ3) is 5.61. The summed E-state index contributed by atoms with van der Waals surface area (Å²) in [5.41, 5.74) is 0.449. The third-order valence-electron chi connectivity index (χ3n) is 3.06. The van der Waals surface area contributed by atoms with Crippen molar-refractivity contribution in [3.8, 4) is 0 Å². The van der Waals surface area contributed by atoms with Crippen molar-refractivity contribution in [3.63, 3.8) is 0 Å². The van der Waals surface area contributed by atoms with Gasteiger partial charge in [0.15, 0.2) is 11.3 Å². The average Bonchev–Trinajstić information content (AvgIpc) is 3.01. The van der Waals surface area contributed by atoms with Gasteiger partial charge in [-0.25, -0.2) is 4.79 Å². The first-order chi connectivity index (χ1) is 11.9. The van der Waals surface area contributed by atoms with Crippen molar-refractivity contribution in [3.05, 3.63) is 51.9 Å². The number of nitrogens with zero attached hydrogens (tertiary/aromatic N) is 1. The van der Waals surface area contributed by atoms with Gasteiger partial charge < -0.3 is 19.4 Å². The smallest absolute Gasteiger partial charge is 0.374 e. The molecule has 1 heterocycles. The maximum Gasteiger partial charge on any atom is 0.374 e. The fourth-order valence-electron chi connectivity index (χ4n) is 1.79. The highest BCUT2D eigenvalue weighted by atomic mass is 79.9. The topological polar surface area (TPSA) is 88.9 Å². The highest BCUT2D eigenvalue weighted by Gasteiger charge is 2.18. The minimum absolute atomic E-state index is 0.0289. The van der Waals surface area contributed by atoms with Gasteiger partial charge in [0.1, 0.15) is 0 Å². The maximum atomic E-state index is 12.0. The number of carbonyl (C=O) groups excluding carboxylic acids is 3. The Morgan fingerprint density at radius 3 is 2.60 bits per heavy atom. The second-order valence-corrected chi connectivity index (χ2v) is 6.15. The first-order valence-corrected chi connectivity index (χ1v) is 8.24. The Hall–Kier alpha value is -2.32. The number of furan rings is 1. The number of nitrogens with one attached hydrogen (secondary N) is 1. The fourth-order valence-corrected chi connectivity index (χ4v) is 2.28. The Labute approximate surface area is 157 Å².